The third-order valence-electron chi connectivity index (χ3n) is 4.85. The van der Waals surface area contributed by atoms with Crippen LogP contribution in [-0.2, 0) is 16.6 Å². The van der Waals surface area contributed by atoms with E-state index in [1.165, 1.54) is 12.1 Å². The number of fused-ring (bicyclic) bond motifs is 3. The highest BCUT2D eigenvalue weighted by Gasteiger charge is 2.40. The van der Waals surface area contributed by atoms with E-state index in [9.17, 15) is 9.18 Å². The van der Waals surface area contributed by atoms with Crippen molar-refractivity contribution in [1.82, 2.24) is 14.6 Å². The number of nitrogens with zero attached hydrogens (tertiary/aromatic N) is 4. The highest BCUT2D eigenvalue weighted by Crippen LogP contribution is 2.42. The Labute approximate surface area is 150 Å². The van der Waals surface area contributed by atoms with Crippen LogP contribution in [0.1, 0.15) is 37.6 Å². The van der Waals surface area contributed by atoms with Crippen LogP contribution in [0.2, 0.25) is 0 Å². The number of hydrogen-bond donors (Lipinski definition) is 1. The van der Waals surface area contributed by atoms with Crippen molar-refractivity contribution >= 4 is 23.2 Å². The minimum atomic E-state index is -0.274. The van der Waals surface area contributed by atoms with E-state index in [0.29, 0.717) is 18.6 Å². The summed E-state index contributed by atoms with van der Waals surface area (Å²) < 4.78 is 15.0. The van der Waals surface area contributed by atoms with Gasteiger partial charge in [0.2, 0.25) is 11.9 Å². The molecule has 0 atom stereocenters. The van der Waals surface area contributed by atoms with Gasteiger partial charge in [-0.2, -0.15) is 4.98 Å². The van der Waals surface area contributed by atoms with Gasteiger partial charge in [-0.25, -0.2) is 8.91 Å². The molecule has 0 radical (unpaired) electrons. The molecule has 0 saturated heterocycles. The van der Waals surface area contributed by atoms with Gasteiger partial charge in [0.1, 0.15) is 5.82 Å². The van der Waals surface area contributed by atoms with Gasteiger partial charge in [-0.05, 0) is 23.8 Å². The van der Waals surface area contributed by atoms with Crippen LogP contribution >= 0.6 is 0 Å². The van der Waals surface area contributed by atoms with E-state index in [0.717, 1.165) is 22.5 Å². The summed E-state index contributed by atoms with van der Waals surface area (Å²) in [7, 11) is 0. The summed E-state index contributed by atoms with van der Waals surface area (Å²) in [6, 6.07) is 8.33. The molecule has 1 amide bonds. The molecule has 1 aromatic carbocycles. The minimum absolute atomic E-state index is 0.0167. The summed E-state index contributed by atoms with van der Waals surface area (Å²) in [5.74, 6) is -0.100. The molecule has 0 unspecified atom stereocenters. The molecule has 0 aliphatic carbocycles. The first-order valence-electron chi connectivity index (χ1n) is 8.47. The number of anilines is 2. The van der Waals surface area contributed by atoms with Crippen molar-refractivity contribution in [2.24, 2.45) is 0 Å². The fourth-order valence-electron chi connectivity index (χ4n) is 3.73. The number of nitrogens with two attached hydrogens (primary N) is 1. The SMILES string of the molecule is CC(=O)N1CC(C)(C)c2c1cc(Cc1ccc(F)cc1)c1nc(N)nn21. The Morgan fingerprint density at radius 3 is 2.65 bits per heavy atom. The van der Waals surface area contributed by atoms with E-state index in [2.05, 4.69) is 23.9 Å². The predicted octanol–water partition coefficient (Wildman–Crippen LogP) is 2.69. The highest BCUT2D eigenvalue weighted by atomic mass is 19.1. The number of halogens is 1. The van der Waals surface area contributed by atoms with Crippen molar-refractivity contribution in [3.05, 3.63) is 53.0 Å². The Morgan fingerprint density at radius 2 is 2.00 bits per heavy atom. The van der Waals surface area contributed by atoms with Crippen molar-refractivity contribution in [1.29, 1.82) is 0 Å². The van der Waals surface area contributed by atoms with E-state index in [1.807, 2.05) is 6.07 Å². The molecule has 2 N–H and O–H groups in total. The normalized spacial score (nSPS) is 15.5. The number of carbonyl (C=O) groups is 1. The molecule has 3 heterocycles. The molecule has 6 nitrogen and oxygen atoms in total. The Kier molecular flexibility index (Phi) is 3.50. The van der Waals surface area contributed by atoms with Crippen LogP contribution in [0.4, 0.5) is 16.0 Å². The fourth-order valence-corrected chi connectivity index (χ4v) is 3.73. The van der Waals surface area contributed by atoms with Crippen molar-refractivity contribution < 1.29 is 9.18 Å². The van der Waals surface area contributed by atoms with Crippen LogP contribution in [0.3, 0.4) is 0 Å². The molecule has 0 bridgehead atoms. The van der Waals surface area contributed by atoms with Crippen LogP contribution in [-0.4, -0.2) is 27.0 Å². The first kappa shape index (κ1) is 16.5. The summed E-state index contributed by atoms with van der Waals surface area (Å²) in [4.78, 5) is 18.3. The summed E-state index contributed by atoms with van der Waals surface area (Å²) in [5.41, 5.74) is 9.87. The van der Waals surface area contributed by atoms with Crippen LogP contribution in [0.15, 0.2) is 30.3 Å². The average Bonchev–Trinajstić information content (AvgIpc) is 3.07. The Hall–Kier alpha value is -2.96. The number of carbonyl (C=O) groups excluding carboxylic acids is 1. The number of amides is 1. The largest absolute Gasteiger partial charge is 0.366 e. The van der Waals surface area contributed by atoms with Gasteiger partial charge in [0.05, 0.1) is 11.4 Å². The third kappa shape index (κ3) is 2.51. The quantitative estimate of drug-likeness (QED) is 0.768. The smallest absolute Gasteiger partial charge is 0.240 e. The molecular formula is C19H20FN5O. The zero-order valence-electron chi connectivity index (χ0n) is 15.0. The predicted molar refractivity (Wildman–Crippen MR) is 97.7 cm³/mol. The van der Waals surface area contributed by atoms with E-state index in [4.69, 9.17) is 5.73 Å². The van der Waals surface area contributed by atoms with Gasteiger partial charge in [-0.1, -0.05) is 26.0 Å². The van der Waals surface area contributed by atoms with Gasteiger partial charge in [0, 0.05) is 30.9 Å². The molecule has 1 aliphatic rings. The first-order valence-corrected chi connectivity index (χ1v) is 8.47. The second kappa shape index (κ2) is 5.52. The molecule has 26 heavy (non-hydrogen) atoms. The molecule has 0 saturated carbocycles. The summed E-state index contributed by atoms with van der Waals surface area (Å²) in [6.07, 6.45) is 0.543. The van der Waals surface area contributed by atoms with Gasteiger partial charge < -0.3 is 10.6 Å². The van der Waals surface area contributed by atoms with Gasteiger partial charge in [-0.15, -0.1) is 5.10 Å². The highest BCUT2D eigenvalue weighted by molar-refractivity contribution is 5.95. The van der Waals surface area contributed by atoms with E-state index in [-0.39, 0.29) is 23.1 Å². The average molecular weight is 353 g/mol. The van der Waals surface area contributed by atoms with E-state index >= 15 is 0 Å². The second-order valence-electron chi connectivity index (χ2n) is 7.40. The molecule has 1 aliphatic heterocycles. The maximum Gasteiger partial charge on any atom is 0.240 e. The van der Waals surface area contributed by atoms with Gasteiger partial charge in [-0.3, -0.25) is 4.79 Å². The van der Waals surface area contributed by atoms with Crippen molar-refractivity contribution in [3.63, 3.8) is 0 Å². The Balaban J connectivity index is 1.93. The van der Waals surface area contributed by atoms with E-state index < -0.39 is 0 Å². The Morgan fingerprint density at radius 1 is 1.31 bits per heavy atom. The Bertz CT molecular complexity index is 1020. The number of pyridine rings is 1. The van der Waals surface area contributed by atoms with Crippen LogP contribution in [0.25, 0.3) is 5.65 Å². The van der Waals surface area contributed by atoms with Crippen LogP contribution < -0.4 is 10.6 Å². The molecule has 4 rings (SSSR count). The fraction of sp³-hybridized carbons (Fsp3) is 0.316. The van der Waals surface area contributed by atoms with Gasteiger partial charge in [0.15, 0.2) is 5.65 Å². The monoisotopic (exact) mass is 353 g/mol. The van der Waals surface area contributed by atoms with Gasteiger partial charge in [0.25, 0.3) is 0 Å². The summed E-state index contributed by atoms with van der Waals surface area (Å²) in [6.45, 7) is 6.29. The minimum Gasteiger partial charge on any atom is -0.366 e. The van der Waals surface area contributed by atoms with Crippen molar-refractivity contribution in [2.75, 3.05) is 17.2 Å². The topological polar surface area (TPSA) is 76.5 Å². The summed E-state index contributed by atoms with van der Waals surface area (Å²) in [5, 5.41) is 4.38. The number of rotatable bonds is 2. The zero-order valence-corrected chi connectivity index (χ0v) is 15.0. The van der Waals surface area contributed by atoms with Crippen LogP contribution in [0.5, 0.6) is 0 Å². The van der Waals surface area contributed by atoms with Crippen molar-refractivity contribution in [2.45, 2.75) is 32.6 Å². The summed E-state index contributed by atoms with van der Waals surface area (Å²) >= 11 is 0. The number of nitrogen functional groups attached to an aromatic ring is 1. The molecular weight excluding hydrogens is 333 g/mol. The third-order valence-corrected chi connectivity index (χ3v) is 4.85. The molecule has 2 aromatic heterocycles. The second-order valence-corrected chi connectivity index (χ2v) is 7.40. The molecule has 0 fully saturated rings. The maximum absolute atomic E-state index is 13.2. The van der Waals surface area contributed by atoms with Gasteiger partial charge >= 0.3 is 0 Å². The maximum atomic E-state index is 13.2. The molecule has 7 heteroatoms. The van der Waals surface area contributed by atoms with E-state index in [1.54, 1.807) is 28.5 Å². The molecule has 0 spiro atoms. The first-order chi connectivity index (χ1) is 12.3. The lowest BCUT2D eigenvalue weighted by molar-refractivity contribution is -0.116. The lowest BCUT2D eigenvalue weighted by Crippen LogP contribution is -2.32. The lowest BCUT2D eigenvalue weighted by Gasteiger charge is -2.19. The zero-order chi connectivity index (χ0) is 18.6. The number of hydrogen-bond acceptors (Lipinski definition) is 4. The van der Waals surface area contributed by atoms with Crippen molar-refractivity contribution in [3.8, 4) is 0 Å². The lowest BCUT2D eigenvalue weighted by atomic mass is 9.90. The molecule has 3 aromatic rings. The standard InChI is InChI=1S/C19H20FN5O/c1-11(26)24-10-19(2,3)16-15(24)9-13(17-22-18(21)23-25(16)17)8-12-4-6-14(20)7-5-12/h4-7,9H,8,10H2,1-3H3,(H2,21,23). The molecule has 134 valence electrons. The van der Waals surface area contributed by atoms with Crippen LogP contribution in [0, 0.1) is 5.82 Å². The number of aromatic nitrogens is 3. The number of benzene rings is 1.